The number of carbonyl (C=O) groups is 2. The van der Waals surface area contributed by atoms with Gasteiger partial charge in [0.15, 0.2) is 17.7 Å². The molecule has 1 N–H and O–H groups in total. The van der Waals surface area contributed by atoms with Gasteiger partial charge in [-0.25, -0.2) is 13.2 Å². The average molecular weight is 369 g/mol. The molecule has 132 valence electrons. The van der Waals surface area contributed by atoms with E-state index in [1.165, 1.54) is 31.2 Å². The van der Waals surface area contributed by atoms with E-state index in [2.05, 4.69) is 5.32 Å². The summed E-state index contributed by atoms with van der Waals surface area (Å²) in [7, 11) is 0. The summed E-state index contributed by atoms with van der Waals surface area (Å²) in [4.78, 5) is 23.9. The van der Waals surface area contributed by atoms with E-state index >= 15 is 0 Å². The van der Waals surface area contributed by atoms with Crippen LogP contribution in [0.1, 0.15) is 6.92 Å². The van der Waals surface area contributed by atoms with E-state index in [4.69, 9.17) is 4.74 Å². The molecule has 0 saturated heterocycles. The fourth-order valence-corrected chi connectivity index (χ4v) is 2.52. The van der Waals surface area contributed by atoms with Crippen molar-refractivity contribution in [3.63, 3.8) is 0 Å². The van der Waals surface area contributed by atoms with Gasteiger partial charge in [0.2, 0.25) is 0 Å². The average Bonchev–Trinajstić information content (AvgIpc) is 2.57. The van der Waals surface area contributed by atoms with Crippen molar-refractivity contribution in [1.82, 2.24) is 0 Å². The summed E-state index contributed by atoms with van der Waals surface area (Å²) in [6, 6.07) is 8.82. The number of rotatable bonds is 6. The monoisotopic (exact) mass is 369 g/mol. The van der Waals surface area contributed by atoms with Crippen molar-refractivity contribution in [3.05, 3.63) is 59.9 Å². The van der Waals surface area contributed by atoms with Crippen LogP contribution < -0.4 is 5.32 Å². The van der Waals surface area contributed by atoms with Gasteiger partial charge in [-0.2, -0.15) is 0 Å². The van der Waals surface area contributed by atoms with Crippen molar-refractivity contribution in [3.8, 4) is 0 Å². The molecule has 0 heterocycles. The Hall–Kier alpha value is -2.48. The number of nitrogens with one attached hydrogen (secondary N) is 1. The Morgan fingerprint density at radius 3 is 2.48 bits per heavy atom. The van der Waals surface area contributed by atoms with Gasteiger partial charge in [-0.05, 0) is 31.2 Å². The van der Waals surface area contributed by atoms with Crippen LogP contribution in [0.2, 0.25) is 0 Å². The standard InChI is InChI=1S/C17H14F3NO3S/c1-10(17(23)21-11-6-7-12(18)14(20)8-11)24-16(22)9-25-15-5-3-2-4-13(15)19/h2-8,10H,9H2,1H3,(H,21,23)/t10-/m0/s1. The maximum atomic E-state index is 13.4. The number of thioether (sulfide) groups is 1. The highest BCUT2D eigenvalue weighted by Crippen LogP contribution is 2.21. The van der Waals surface area contributed by atoms with Crippen molar-refractivity contribution < 1.29 is 27.5 Å². The molecule has 1 atom stereocenters. The second-order valence-corrected chi connectivity index (χ2v) is 5.99. The fraction of sp³-hybridized carbons (Fsp3) is 0.176. The highest BCUT2D eigenvalue weighted by atomic mass is 32.2. The molecule has 0 aliphatic heterocycles. The number of amides is 1. The quantitative estimate of drug-likeness (QED) is 0.622. The third kappa shape index (κ3) is 5.53. The second kappa shape index (κ2) is 8.57. The van der Waals surface area contributed by atoms with Gasteiger partial charge in [0, 0.05) is 16.6 Å². The lowest BCUT2D eigenvalue weighted by Crippen LogP contribution is -2.30. The number of esters is 1. The maximum Gasteiger partial charge on any atom is 0.317 e. The predicted octanol–water partition coefficient (Wildman–Crippen LogP) is 3.77. The summed E-state index contributed by atoms with van der Waals surface area (Å²) in [5, 5.41) is 2.31. The Labute approximate surface area is 146 Å². The van der Waals surface area contributed by atoms with Crippen molar-refractivity contribution in [2.45, 2.75) is 17.9 Å². The smallest absolute Gasteiger partial charge is 0.317 e. The molecule has 4 nitrogen and oxygen atoms in total. The fourth-order valence-electron chi connectivity index (χ4n) is 1.80. The molecule has 25 heavy (non-hydrogen) atoms. The highest BCUT2D eigenvalue weighted by molar-refractivity contribution is 8.00. The normalized spacial score (nSPS) is 11.7. The summed E-state index contributed by atoms with van der Waals surface area (Å²) in [5.74, 6) is -4.18. The van der Waals surface area contributed by atoms with Crippen LogP contribution in [-0.2, 0) is 14.3 Å². The van der Waals surface area contributed by atoms with E-state index in [9.17, 15) is 22.8 Å². The van der Waals surface area contributed by atoms with Crippen LogP contribution in [0.5, 0.6) is 0 Å². The molecular weight excluding hydrogens is 355 g/mol. The SMILES string of the molecule is C[C@H](OC(=O)CSc1ccccc1F)C(=O)Nc1ccc(F)c(F)c1. The van der Waals surface area contributed by atoms with Gasteiger partial charge in [0.25, 0.3) is 5.91 Å². The molecule has 0 unspecified atom stereocenters. The summed E-state index contributed by atoms with van der Waals surface area (Å²) >= 11 is 0.944. The molecule has 8 heteroatoms. The molecule has 2 aromatic carbocycles. The number of carbonyl (C=O) groups excluding carboxylic acids is 2. The minimum Gasteiger partial charge on any atom is -0.452 e. The van der Waals surface area contributed by atoms with E-state index < -0.39 is 35.4 Å². The number of hydrogen-bond donors (Lipinski definition) is 1. The lowest BCUT2D eigenvalue weighted by Gasteiger charge is -2.13. The molecule has 0 bridgehead atoms. The largest absolute Gasteiger partial charge is 0.452 e. The zero-order valence-corrected chi connectivity index (χ0v) is 13.9. The van der Waals surface area contributed by atoms with E-state index in [1.54, 1.807) is 6.07 Å². The molecule has 1 amide bonds. The Morgan fingerprint density at radius 2 is 1.80 bits per heavy atom. The van der Waals surface area contributed by atoms with Gasteiger partial charge >= 0.3 is 5.97 Å². The Morgan fingerprint density at radius 1 is 1.08 bits per heavy atom. The minimum atomic E-state index is -1.15. The van der Waals surface area contributed by atoms with Gasteiger partial charge in [0.05, 0.1) is 5.75 Å². The van der Waals surface area contributed by atoms with Crippen LogP contribution in [0.3, 0.4) is 0 Å². The molecule has 2 aromatic rings. The van der Waals surface area contributed by atoms with Crippen LogP contribution in [0.4, 0.5) is 18.9 Å². The first-order valence-corrected chi connectivity index (χ1v) is 8.18. The predicted molar refractivity (Wildman–Crippen MR) is 87.7 cm³/mol. The van der Waals surface area contributed by atoms with Gasteiger partial charge in [0.1, 0.15) is 5.82 Å². The molecule has 0 saturated carbocycles. The van der Waals surface area contributed by atoms with Crippen LogP contribution >= 0.6 is 11.8 Å². The molecule has 0 aromatic heterocycles. The van der Waals surface area contributed by atoms with Crippen molar-refractivity contribution in [2.75, 3.05) is 11.1 Å². The molecule has 0 aliphatic rings. The summed E-state index contributed by atoms with van der Waals surface area (Å²) in [5.41, 5.74) is 0.0348. The third-order valence-electron chi connectivity index (χ3n) is 3.05. The summed E-state index contributed by atoms with van der Waals surface area (Å²) in [6.07, 6.45) is -1.15. The van der Waals surface area contributed by atoms with Gasteiger partial charge in [-0.1, -0.05) is 12.1 Å². The second-order valence-electron chi connectivity index (χ2n) is 4.97. The van der Waals surface area contributed by atoms with Gasteiger partial charge in [-0.3, -0.25) is 9.59 Å². The van der Waals surface area contributed by atoms with E-state index in [-0.39, 0.29) is 11.4 Å². The first-order chi connectivity index (χ1) is 11.9. The minimum absolute atomic E-state index is 0.0348. The molecule has 2 rings (SSSR count). The van der Waals surface area contributed by atoms with E-state index in [0.717, 1.165) is 23.9 Å². The van der Waals surface area contributed by atoms with Crippen LogP contribution in [-0.4, -0.2) is 23.7 Å². The first kappa shape index (κ1) is 18.9. The summed E-state index contributed by atoms with van der Waals surface area (Å²) in [6.45, 7) is 1.33. The van der Waals surface area contributed by atoms with Gasteiger partial charge in [-0.15, -0.1) is 11.8 Å². The third-order valence-corrected chi connectivity index (χ3v) is 4.07. The Balaban J connectivity index is 1.84. The van der Waals surface area contributed by atoms with E-state index in [0.29, 0.717) is 4.90 Å². The maximum absolute atomic E-state index is 13.4. The summed E-state index contributed by atoms with van der Waals surface area (Å²) < 4.78 is 44.3. The first-order valence-electron chi connectivity index (χ1n) is 7.19. The van der Waals surface area contributed by atoms with Crippen LogP contribution in [0, 0.1) is 17.5 Å². The number of ether oxygens (including phenoxy) is 1. The van der Waals surface area contributed by atoms with Crippen molar-refractivity contribution >= 4 is 29.3 Å². The lowest BCUT2D eigenvalue weighted by atomic mass is 10.3. The van der Waals surface area contributed by atoms with E-state index in [1.807, 2.05) is 0 Å². The topological polar surface area (TPSA) is 55.4 Å². The number of benzene rings is 2. The number of hydrogen-bond acceptors (Lipinski definition) is 4. The molecule has 0 aliphatic carbocycles. The van der Waals surface area contributed by atoms with Crippen molar-refractivity contribution in [2.24, 2.45) is 0 Å². The Bertz CT molecular complexity index is 785. The van der Waals surface area contributed by atoms with Crippen LogP contribution in [0.15, 0.2) is 47.4 Å². The van der Waals surface area contributed by atoms with Crippen LogP contribution in [0.25, 0.3) is 0 Å². The molecular formula is C17H14F3NO3S. The van der Waals surface area contributed by atoms with Gasteiger partial charge < -0.3 is 10.1 Å². The zero-order chi connectivity index (χ0) is 18.4. The zero-order valence-electron chi connectivity index (χ0n) is 13.1. The number of halogens is 3. The highest BCUT2D eigenvalue weighted by Gasteiger charge is 2.19. The molecule has 0 spiro atoms. The van der Waals surface area contributed by atoms with Crippen molar-refractivity contribution in [1.29, 1.82) is 0 Å². The number of anilines is 1. The Kier molecular flexibility index (Phi) is 6.46. The lowest BCUT2D eigenvalue weighted by molar-refractivity contribution is -0.150. The molecule has 0 radical (unpaired) electrons. The molecule has 0 fully saturated rings.